The number of hydrogen-bond donors (Lipinski definition) is 0. The minimum atomic E-state index is -0.121. The van der Waals surface area contributed by atoms with Crippen molar-refractivity contribution in [2.24, 2.45) is 0 Å². The van der Waals surface area contributed by atoms with E-state index in [-0.39, 0.29) is 11.0 Å². The highest BCUT2D eigenvalue weighted by atomic mass is 32.2. The van der Waals surface area contributed by atoms with Gasteiger partial charge in [-0.3, -0.25) is 4.79 Å². The van der Waals surface area contributed by atoms with Crippen molar-refractivity contribution in [3.8, 4) is 12.1 Å². The van der Waals surface area contributed by atoms with E-state index >= 15 is 0 Å². The number of rotatable bonds is 2. The maximum Gasteiger partial charge on any atom is 0.192 e. The van der Waals surface area contributed by atoms with E-state index < -0.39 is 0 Å². The fraction of sp³-hybridized carbons (Fsp3) is 0.0833. The van der Waals surface area contributed by atoms with Crippen LogP contribution in [0.25, 0.3) is 0 Å². The van der Waals surface area contributed by atoms with Gasteiger partial charge in [-0.2, -0.15) is 10.5 Å². The Hall–Kier alpha value is -2.04. The van der Waals surface area contributed by atoms with Gasteiger partial charge >= 0.3 is 0 Å². The van der Waals surface area contributed by atoms with Crippen LogP contribution in [0.1, 0.15) is 6.92 Å². The van der Waals surface area contributed by atoms with Gasteiger partial charge in [0.1, 0.15) is 17.7 Å². The van der Waals surface area contributed by atoms with E-state index in [9.17, 15) is 4.79 Å². The van der Waals surface area contributed by atoms with Crippen LogP contribution in [0, 0.1) is 22.7 Å². The lowest BCUT2D eigenvalue weighted by Crippen LogP contribution is -1.97. The lowest BCUT2D eigenvalue weighted by molar-refractivity contribution is 1.39. The second-order valence-electron chi connectivity index (χ2n) is 2.90. The molecule has 0 aliphatic rings. The van der Waals surface area contributed by atoms with Gasteiger partial charge in [0.25, 0.3) is 0 Å². The molecule has 0 saturated heterocycles. The number of nitriles is 2. The lowest BCUT2D eigenvalue weighted by Gasteiger charge is -1.97. The predicted octanol–water partition coefficient (Wildman–Crippen LogP) is 2.46. The van der Waals surface area contributed by atoms with E-state index in [2.05, 4.69) is 0 Å². The molecule has 0 atom stereocenters. The van der Waals surface area contributed by atoms with Gasteiger partial charge in [0, 0.05) is 4.91 Å². The number of allylic oxidation sites excluding steroid dienone is 2. The molecule has 1 aromatic rings. The highest BCUT2D eigenvalue weighted by Crippen LogP contribution is 2.25. The van der Waals surface area contributed by atoms with Crippen LogP contribution in [0.3, 0.4) is 0 Å². The van der Waals surface area contributed by atoms with Gasteiger partial charge in [-0.1, -0.05) is 30.0 Å². The van der Waals surface area contributed by atoms with Gasteiger partial charge < -0.3 is 0 Å². The SMILES string of the molecule is CC(Sc1cccccc1=O)=C(C#N)C#N. The number of thioether (sulfide) groups is 1. The fourth-order valence-corrected chi connectivity index (χ4v) is 1.84. The second kappa shape index (κ2) is 5.75. The van der Waals surface area contributed by atoms with Crippen molar-refractivity contribution >= 4 is 11.8 Å². The summed E-state index contributed by atoms with van der Waals surface area (Å²) in [5, 5.41) is 17.3. The molecule has 0 heterocycles. The first kappa shape index (κ1) is 12.0. The lowest BCUT2D eigenvalue weighted by atomic mass is 10.3. The summed E-state index contributed by atoms with van der Waals surface area (Å²) in [5.74, 6) is 0. The average molecular weight is 228 g/mol. The Bertz CT molecular complexity index is 548. The maximum atomic E-state index is 11.5. The number of nitrogens with zero attached hydrogens (tertiary/aromatic N) is 2. The molecule has 1 aromatic carbocycles. The van der Waals surface area contributed by atoms with Crippen molar-refractivity contribution in [2.75, 3.05) is 0 Å². The Balaban J connectivity index is 3.15. The normalized spacial score (nSPS) is 8.69. The molecule has 4 heteroatoms. The minimum Gasteiger partial charge on any atom is -0.289 e. The quantitative estimate of drug-likeness (QED) is 0.576. The minimum absolute atomic E-state index is 0.0379. The van der Waals surface area contributed by atoms with Crippen LogP contribution in [-0.2, 0) is 0 Å². The molecule has 0 bridgehead atoms. The smallest absolute Gasteiger partial charge is 0.192 e. The molecule has 0 fully saturated rings. The molecule has 3 nitrogen and oxygen atoms in total. The van der Waals surface area contributed by atoms with Crippen LogP contribution in [0.4, 0.5) is 0 Å². The molecule has 78 valence electrons. The van der Waals surface area contributed by atoms with Gasteiger partial charge in [0.05, 0.1) is 4.90 Å². The van der Waals surface area contributed by atoms with E-state index in [1.165, 1.54) is 6.07 Å². The zero-order chi connectivity index (χ0) is 12.0. The summed E-state index contributed by atoms with van der Waals surface area (Å²) in [6.07, 6.45) is 0. The molecular formula is C12H8N2OS. The van der Waals surface area contributed by atoms with Crippen molar-refractivity contribution in [3.05, 3.63) is 51.0 Å². The van der Waals surface area contributed by atoms with Crippen LogP contribution in [0.5, 0.6) is 0 Å². The van der Waals surface area contributed by atoms with Gasteiger partial charge in [-0.15, -0.1) is 0 Å². The molecular weight excluding hydrogens is 220 g/mol. The first-order valence-corrected chi connectivity index (χ1v) is 5.29. The van der Waals surface area contributed by atoms with E-state index in [4.69, 9.17) is 10.5 Å². The largest absolute Gasteiger partial charge is 0.289 e. The third-order valence-electron chi connectivity index (χ3n) is 1.80. The standard InChI is InChI=1S/C12H8N2OS/c1-9(10(7-13)8-14)16-12-6-4-2-3-5-11(12)15/h2-6H,1H3. The van der Waals surface area contributed by atoms with Crippen molar-refractivity contribution < 1.29 is 0 Å². The summed E-state index contributed by atoms with van der Waals surface area (Å²) in [6, 6.07) is 11.9. The molecule has 0 unspecified atom stereocenters. The topological polar surface area (TPSA) is 64.7 Å². The maximum absolute atomic E-state index is 11.5. The Morgan fingerprint density at radius 2 is 1.81 bits per heavy atom. The molecule has 0 aliphatic heterocycles. The van der Waals surface area contributed by atoms with Gasteiger partial charge in [0.2, 0.25) is 0 Å². The number of hydrogen-bond acceptors (Lipinski definition) is 4. The van der Waals surface area contributed by atoms with Crippen LogP contribution in [0.15, 0.2) is 50.5 Å². The average Bonchev–Trinajstić information content (AvgIpc) is 2.46. The fourth-order valence-electron chi connectivity index (χ4n) is 0.997. The third kappa shape index (κ3) is 2.98. The van der Waals surface area contributed by atoms with Crippen LogP contribution < -0.4 is 5.43 Å². The van der Waals surface area contributed by atoms with Gasteiger partial charge in [-0.25, -0.2) is 0 Å². The van der Waals surface area contributed by atoms with Crippen LogP contribution in [-0.4, -0.2) is 0 Å². The van der Waals surface area contributed by atoms with Crippen LogP contribution in [0.2, 0.25) is 0 Å². The molecule has 0 aliphatic carbocycles. The molecule has 16 heavy (non-hydrogen) atoms. The zero-order valence-corrected chi connectivity index (χ0v) is 9.41. The highest BCUT2D eigenvalue weighted by Gasteiger charge is 2.04. The molecule has 0 amide bonds. The summed E-state index contributed by atoms with van der Waals surface area (Å²) in [4.78, 5) is 12.6. The Labute approximate surface area is 97.6 Å². The molecule has 1 rings (SSSR count). The summed E-state index contributed by atoms with van der Waals surface area (Å²) in [7, 11) is 0. The van der Waals surface area contributed by atoms with Crippen molar-refractivity contribution in [1.29, 1.82) is 10.5 Å². The van der Waals surface area contributed by atoms with E-state index in [1.54, 1.807) is 43.3 Å². The van der Waals surface area contributed by atoms with E-state index in [0.717, 1.165) is 11.8 Å². The van der Waals surface area contributed by atoms with E-state index in [1.807, 2.05) is 0 Å². The summed E-state index contributed by atoms with van der Waals surface area (Å²) >= 11 is 1.14. The van der Waals surface area contributed by atoms with E-state index in [0.29, 0.717) is 9.80 Å². The Morgan fingerprint density at radius 1 is 1.19 bits per heavy atom. The summed E-state index contributed by atoms with van der Waals surface area (Å²) in [6.45, 7) is 1.65. The van der Waals surface area contributed by atoms with Crippen molar-refractivity contribution in [3.63, 3.8) is 0 Å². The Morgan fingerprint density at radius 3 is 2.44 bits per heavy atom. The third-order valence-corrected chi connectivity index (χ3v) is 2.87. The summed E-state index contributed by atoms with van der Waals surface area (Å²) in [5.41, 5.74) is -0.0829. The second-order valence-corrected chi connectivity index (χ2v) is 4.15. The molecule has 0 N–H and O–H groups in total. The molecule has 0 saturated carbocycles. The predicted molar refractivity (Wildman–Crippen MR) is 62.5 cm³/mol. The Kier molecular flexibility index (Phi) is 4.32. The van der Waals surface area contributed by atoms with Gasteiger partial charge in [0.15, 0.2) is 5.43 Å². The molecule has 0 spiro atoms. The first-order chi connectivity index (χ1) is 7.69. The first-order valence-electron chi connectivity index (χ1n) is 4.47. The zero-order valence-electron chi connectivity index (χ0n) is 8.60. The van der Waals surface area contributed by atoms with Crippen molar-refractivity contribution in [2.45, 2.75) is 11.8 Å². The molecule has 0 radical (unpaired) electrons. The van der Waals surface area contributed by atoms with Crippen molar-refractivity contribution in [1.82, 2.24) is 0 Å². The molecule has 0 aromatic heterocycles. The van der Waals surface area contributed by atoms with Crippen LogP contribution >= 0.6 is 11.8 Å². The highest BCUT2D eigenvalue weighted by molar-refractivity contribution is 8.03. The van der Waals surface area contributed by atoms with Gasteiger partial charge in [-0.05, 0) is 19.1 Å². The monoisotopic (exact) mass is 228 g/mol. The summed E-state index contributed by atoms with van der Waals surface area (Å²) < 4.78 is 0.